The van der Waals surface area contributed by atoms with E-state index in [0.717, 1.165) is 49.2 Å². The number of halogens is 1. The molecule has 2 fully saturated rings. The zero-order valence-electron chi connectivity index (χ0n) is 19.4. The molecule has 2 aliphatic carbocycles. The van der Waals surface area contributed by atoms with Crippen molar-refractivity contribution in [2.75, 3.05) is 11.9 Å². The maximum absolute atomic E-state index is 13.4. The van der Waals surface area contributed by atoms with E-state index in [4.69, 9.17) is 0 Å². The van der Waals surface area contributed by atoms with Crippen molar-refractivity contribution in [3.8, 4) is 0 Å². The van der Waals surface area contributed by atoms with Gasteiger partial charge in [-0.15, -0.1) is 10.2 Å². The second-order valence-corrected chi connectivity index (χ2v) is 10.1. The second-order valence-electron chi connectivity index (χ2n) is 10.1. The number of aliphatic hydroxyl groups excluding tert-OH is 1. The van der Waals surface area contributed by atoms with Crippen LogP contribution in [0, 0.1) is 24.6 Å². The molecule has 0 radical (unpaired) electrons. The van der Waals surface area contributed by atoms with E-state index in [1.165, 1.54) is 18.6 Å². The van der Waals surface area contributed by atoms with Crippen LogP contribution in [0.4, 0.5) is 10.1 Å². The van der Waals surface area contributed by atoms with Gasteiger partial charge in [-0.05, 0) is 81.0 Å². The number of rotatable bonds is 10. The van der Waals surface area contributed by atoms with Gasteiger partial charge in [-0.3, -0.25) is 4.79 Å². The highest BCUT2D eigenvalue weighted by Gasteiger charge is 2.39. The minimum atomic E-state index is -0.324. The molecule has 2 aliphatic rings. The molecule has 4 rings (SSSR count). The Kier molecular flexibility index (Phi) is 6.93. The Morgan fingerprint density at radius 2 is 2.03 bits per heavy atom. The van der Waals surface area contributed by atoms with Gasteiger partial charge in [0.1, 0.15) is 17.5 Å². The molecule has 7 heteroatoms. The lowest BCUT2D eigenvalue weighted by molar-refractivity contribution is -0.116. The van der Waals surface area contributed by atoms with Crippen LogP contribution in [0.25, 0.3) is 0 Å². The van der Waals surface area contributed by atoms with Gasteiger partial charge in [-0.25, -0.2) is 4.39 Å². The number of carbonyl (C=O) groups is 1. The van der Waals surface area contributed by atoms with Gasteiger partial charge in [0.2, 0.25) is 5.91 Å². The van der Waals surface area contributed by atoms with Gasteiger partial charge in [0.25, 0.3) is 0 Å². The number of anilines is 1. The number of aliphatic hydroxyl groups is 1. The molecule has 0 aliphatic heterocycles. The summed E-state index contributed by atoms with van der Waals surface area (Å²) in [6.45, 7) is 6.30. The lowest BCUT2D eigenvalue weighted by Crippen LogP contribution is -2.26. The zero-order chi connectivity index (χ0) is 22.8. The van der Waals surface area contributed by atoms with E-state index in [0.29, 0.717) is 29.6 Å². The first-order valence-electron chi connectivity index (χ1n) is 12.0. The molecule has 6 nitrogen and oxygen atoms in total. The van der Waals surface area contributed by atoms with Gasteiger partial charge >= 0.3 is 0 Å². The molecule has 2 saturated carbocycles. The van der Waals surface area contributed by atoms with Gasteiger partial charge in [0.05, 0.1) is 0 Å². The molecule has 174 valence electrons. The van der Waals surface area contributed by atoms with Crippen LogP contribution in [0.3, 0.4) is 0 Å². The first-order chi connectivity index (χ1) is 15.4. The summed E-state index contributed by atoms with van der Waals surface area (Å²) in [7, 11) is 0. The summed E-state index contributed by atoms with van der Waals surface area (Å²) >= 11 is 0. The molecule has 1 atom stereocenters. The number of aryl methyl sites for hydroxylation is 1. The van der Waals surface area contributed by atoms with Crippen molar-refractivity contribution in [3.05, 3.63) is 41.2 Å². The largest absolute Gasteiger partial charge is 0.396 e. The number of aromatic nitrogens is 3. The summed E-state index contributed by atoms with van der Waals surface area (Å²) in [5.41, 5.74) is 1.29. The average molecular weight is 443 g/mol. The Morgan fingerprint density at radius 3 is 2.66 bits per heavy atom. The molecule has 32 heavy (non-hydrogen) atoms. The monoisotopic (exact) mass is 442 g/mol. The molecule has 0 unspecified atom stereocenters. The minimum Gasteiger partial charge on any atom is -0.396 e. The van der Waals surface area contributed by atoms with E-state index in [-0.39, 0.29) is 30.7 Å². The van der Waals surface area contributed by atoms with Crippen molar-refractivity contribution >= 4 is 11.6 Å². The lowest BCUT2D eigenvalue weighted by atomic mass is 9.71. The molecule has 1 amide bonds. The average Bonchev–Trinajstić information content (AvgIpc) is 3.45. The molecular formula is C25H35FN4O2. The number of amides is 1. The Bertz CT molecular complexity index is 947. The van der Waals surface area contributed by atoms with Gasteiger partial charge < -0.3 is 15.0 Å². The highest BCUT2D eigenvalue weighted by Crippen LogP contribution is 2.48. The van der Waals surface area contributed by atoms with Gasteiger partial charge in [-0.2, -0.15) is 0 Å². The summed E-state index contributed by atoms with van der Waals surface area (Å²) < 4.78 is 15.7. The van der Waals surface area contributed by atoms with Crippen LogP contribution >= 0.6 is 0 Å². The molecule has 1 aromatic carbocycles. The third kappa shape index (κ3) is 5.20. The number of hydrogen-bond acceptors (Lipinski definition) is 4. The van der Waals surface area contributed by atoms with Crippen LogP contribution in [-0.2, 0) is 4.79 Å². The Balaban J connectivity index is 1.48. The number of benzene rings is 1. The van der Waals surface area contributed by atoms with Gasteiger partial charge in [-0.1, -0.05) is 13.8 Å². The molecular weight excluding hydrogens is 407 g/mol. The summed E-state index contributed by atoms with van der Waals surface area (Å²) in [5.74, 6) is 3.15. The molecule has 0 bridgehead atoms. The van der Waals surface area contributed by atoms with Crippen molar-refractivity contribution in [3.63, 3.8) is 0 Å². The number of hydrogen-bond donors (Lipinski definition) is 2. The predicted octanol–water partition coefficient (Wildman–Crippen LogP) is 5.10. The van der Waals surface area contributed by atoms with E-state index in [1.807, 2.05) is 0 Å². The third-order valence-electron chi connectivity index (χ3n) is 6.80. The SMILES string of the molecule is Cc1cc(F)ccc1NC(=O)C[C@H](CCO)c1nnc([C@H]2C[C@@H](CC(C)C)C2)n1C1CC1. The van der Waals surface area contributed by atoms with Crippen LogP contribution < -0.4 is 5.32 Å². The minimum absolute atomic E-state index is 0.0136. The molecule has 0 saturated heterocycles. The molecule has 2 N–H and O–H groups in total. The number of carbonyl (C=O) groups excluding carboxylic acids is 1. The van der Waals surface area contributed by atoms with E-state index in [2.05, 4.69) is 33.9 Å². The first kappa shape index (κ1) is 22.9. The maximum atomic E-state index is 13.4. The van der Waals surface area contributed by atoms with Crippen molar-refractivity contribution in [1.29, 1.82) is 0 Å². The van der Waals surface area contributed by atoms with Crippen LogP contribution in [-0.4, -0.2) is 32.4 Å². The first-order valence-corrected chi connectivity index (χ1v) is 12.0. The summed E-state index contributed by atoms with van der Waals surface area (Å²) in [6.07, 6.45) is 6.50. The van der Waals surface area contributed by atoms with Crippen molar-refractivity contribution in [2.45, 2.75) is 83.6 Å². The van der Waals surface area contributed by atoms with Crippen LogP contribution in [0.5, 0.6) is 0 Å². The van der Waals surface area contributed by atoms with E-state index < -0.39 is 0 Å². The second kappa shape index (κ2) is 9.69. The zero-order valence-corrected chi connectivity index (χ0v) is 19.4. The van der Waals surface area contributed by atoms with Crippen LogP contribution in [0.15, 0.2) is 18.2 Å². The Hall–Kier alpha value is -2.28. The Morgan fingerprint density at radius 1 is 1.28 bits per heavy atom. The van der Waals surface area contributed by atoms with Gasteiger partial charge in [0, 0.05) is 36.6 Å². The summed E-state index contributed by atoms with van der Waals surface area (Å²) in [5, 5.41) is 21.7. The predicted molar refractivity (Wildman–Crippen MR) is 122 cm³/mol. The van der Waals surface area contributed by atoms with E-state index >= 15 is 0 Å². The van der Waals surface area contributed by atoms with E-state index in [9.17, 15) is 14.3 Å². The fraction of sp³-hybridized carbons (Fsp3) is 0.640. The van der Waals surface area contributed by atoms with E-state index in [1.54, 1.807) is 13.0 Å². The van der Waals surface area contributed by atoms with Crippen molar-refractivity contribution < 1.29 is 14.3 Å². The van der Waals surface area contributed by atoms with Crippen molar-refractivity contribution in [1.82, 2.24) is 14.8 Å². The standard InChI is InChI=1S/C25H35FN4O2/c1-15(2)10-17-12-19(13-17)25-29-28-24(30(25)21-5-6-21)18(8-9-31)14-23(32)27-22-7-4-20(26)11-16(22)3/h4,7,11,15,17-19,21,31H,5-6,8-10,12-14H2,1-3H3,(H,27,32)/t17-,18-,19+/m0/s1. The topological polar surface area (TPSA) is 80.0 Å². The maximum Gasteiger partial charge on any atom is 0.225 e. The quantitative estimate of drug-likeness (QED) is 0.537. The third-order valence-corrected chi connectivity index (χ3v) is 6.80. The highest BCUT2D eigenvalue weighted by molar-refractivity contribution is 5.91. The lowest BCUT2D eigenvalue weighted by Gasteiger charge is -2.36. The summed E-state index contributed by atoms with van der Waals surface area (Å²) in [6, 6.07) is 4.75. The van der Waals surface area contributed by atoms with Crippen LogP contribution in [0.1, 0.15) is 93.9 Å². The fourth-order valence-corrected chi connectivity index (χ4v) is 5.06. The van der Waals surface area contributed by atoms with Crippen LogP contribution in [0.2, 0.25) is 0 Å². The number of nitrogens with one attached hydrogen (secondary N) is 1. The molecule has 2 aromatic rings. The van der Waals surface area contributed by atoms with Gasteiger partial charge in [0.15, 0.2) is 0 Å². The fourth-order valence-electron chi connectivity index (χ4n) is 5.06. The highest BCUT2D eigenvalue weighted by atomic mass is 19.1. The normalized spacial score (nSPS) is 21.4. The smallest absolute Gasteiger partial charge is 0.225 e. The molecule has 1 aromatic heterocycles. The summed E-state index contributed by atoms with van der Waals surface area (Å²) in [4.78, 5) is 12.8. The number of nitrogens with zero attached hydrogens (tertiary/aromatic N) is 3. The molecule has 1 heterocycles. The Labute approximate surface area is 189 Å². The van der Waals surface area contributed by atoms with Crippen molar-refractivity contribution in [2.24, 2.45) is 11.8 Å². The molecule has 0 spiro atoms.